The molecule has 0 aliphatic rings. The Morgan fingerprint density at radius 2 is 2.05 bits per heavy atom. The molecule has 0 unspecified atom stereocenters. The van der Waals surface area contributed by atoms with Crippen molar-refractivity contribution in [1.29, 1.82) is 5.26 Å². The van der Waals surface area contributed by atoms with Gasteiger partial charge in [0.25, 0.3) is 0 Å². The van der Waals surface area contributed by atoms with Crippen LogP contribution in [0.2, 0.25) is 0 Å². The highest BCUT2D eigenvalue weighted by Crippen LogP contribution is 2.28. The Labute approximate surface area is 111 Å². The van der Waals surface area contributed by atoms with Crippen molar-refractivity contribution in [2.75, 3.05) is 5.73 Å². The van der Waals surface area contributed by atoms with Crippen molar-refractivity contribution in [3.8, 4) is 17.6 Å². The van der Waals surface area contributed by atoms with Crippen LogP contribution in [0.25, 0.3) is 0 Å². The quantitative estimate of drug-likeness (QED) is 0.854. The van der Waals surface area contributed by atoms with E-state index in [1.54, 1.807) is 31.2 Å². The topological polar surface area (TPSA) is 59.0 Å². The zero-order valence-corrected chi connectivity index (χ0v) is 10.5. The number of aryl methyl sites for hydroxylation is 1. The fourth-order valence-electron chi connectivity index (χ4n) is 1.74. The lowest BCUT2D eigenvalue weighted by molar-refractivity contribution is 0.476. The molecule has 0 saturated heterocycles. The number of hydrogen-bond donors (Lipinski definition) is 1. The highest BCUT2D eigenvalue weighted by molar-refractivity contribution is 5.52. The van der Waals surface area contributed by atoms with E-state index >= 15 is 0 Å². The van der Waals surface area contributed by atoms with Crippen molar-refractivity contribution in [2.45, 2.75) is 13.3 Å². The molecule has 19 heavy (non-hydrogen) atoms. The van der Waals surface area contributed by atoms with E-state index in [2.05, 4.69) is 0 Å². The molecule has 2 N–H and O–H groups in total. The number of nitrogen functional groups attached to an aromatic ring is 1. The summed E-state index contributed by atoms with van der Waals surface area (Å²) >= 11 is 0. The second-order valence-electron chi connectivity index (χ2n) is 4.21. The number of nitriles is 1. The zero-order valence-electron chi connectivity index (χ0n) is 10.5. The minimum absolute atomic E-state index is 0.228. The number of nitrogens with two attached hydrogens (primary N) is 1. The van der Waals surface area contributed by atoms with Crippen LogP contribution in [0, 0.1) is 24.1 Å². The molecule has 0 atom stereocenters. The molecule has 2 aromatic rings. The predicted molar refractivity (Wildman–Crippen MR) is 71.4 cm³/mol. The molecule has 4 heteroatoms. The number of nitrogens with zero attached hydrogens (tertiary/aromatic N) is 1. The van der Waals surface area contributed by atoms with Crippen molar-refractivity contribution in [3.05, 3.63) is 53.3 Å². The summed E-state index contributed by atoms with van der Waals surface area (Å²) in [6.45, 7) is 1.77. The molecule has 0 aliphatic carbocycles. The predicted octanol–water partition coefficient (Wildman–Crippen LogP) is 3.57. The average Bonchev–Trinajstić information content (AvgIpc) is 2.37. The monoisotopic (exact) mass is 256 g/mol. The molecule has 0 amide bonds. The molecule has 0 aromatic heterocycles. The van der Waals surface area contributed by atoms with Crippen molar-refractivity contribution in [2.24, 2.45) is 0 Å². The third kappa shape index (κ3) is 3.02. The van der Waals surface area contributed by atoms with Gasteiger partial charge in [-0.15, -0.1) is 0 Å². The van der Waals surface area contributed by atoms with E-state index in [-0.39, 0.29) is 12.2 Å². The van der Waals surface area contributed by atoms with E-state index in [9.17, 15) is 4.39 Å². The van der Waals surface area contributed by atoms with E-state index in [1.165, 1.54) is 12.1 Å². The number of benzene rings is 2. The summed E-state index contributed by atoms with van der Waals surface area (Å²) in [5.41, 5.74) is 7.75. The van der Waals surface area contributed by atoms with E-state index < -0.39 is 0 Å². The molecule has 96 valence electrons. The smallest absolute Gasteiger partial charge is 0.130 e. The Bertz CT molecular complexity index is 647. The normalized spacial score (nSPS) is 9.95. The van der Waals surface area contributed by atoms with Gasteiger partial charge in [-0.25, -0.2) is 4.39 Å². The third-order valence-corrected chi connectivity index (χ3v) is 2.75. The van der Waals surface area contributed by atoms with Crippen LogP contribution in [0.3, 0.4) is 0 Å². The van der Waals surface area contributed by atoms with Gasteiger partial charge in [0.1, 0.15) is 17.3 Å². The van der Waals surface area contributed by atoms with E-state index in [0.29, 0.717) is 22.7 Å². The molecule has 3 nitrogen and oxygen atoms in total. The Morgan fingerprint density at radius 1 is 1.26 bits per heavy atom. The lowest BCUT2D eigenvalue weighted by atomic mass is 10.1. The SMILES string of the molecule is Cc1cc(F)ccc1Oc1ccc(N)c(CC#N)c1. The highest BCUT2D eigenvalue weighted by Gasteiger charge is 2.05. The minimum atomic E-state index is -0.299. The Hall–Kier alpha value is -2.54. The van der Waals surface area contributed by atoms with Crippen LogP contribution in [0.1, 0.15) is 11.1 Å². The number of anilines is 1. The van der Waals surface area contributed by atoms with Gasteiger partial charge in [0.05, 0.1) is 12.5 Å². The van der Waals surface area contributed by atoms with Crippen molar-refractivity contribution >= 4 is 5.69 Å². The van der Waals surface area contributed by atoms with Crippen LogP contribution in [0.4, 0.5) is 10.1 Å². The first-order chi connectivity index (χ1) is 9.10. The molecule has 2 rings (SSSR count). The van der Waals surface area contributed by atoms with Crippen LogP contribution in [0.5, 0.6) is 11.5 Å². The molecule has 0 saturated carbocycles. The van der Waals surface area contributed by atoms with E-state index in [4.69, 9.17) is 15.7 Å². The first kappa shape index (κ1) is 12.9. The van der Waals surface area contributed by atoms with Crippen LogP contribution in [0.15, 0.2) is 36.4 Å². The number of hydrogen-bond acceptors (Lipinski definition) is 3. The first-order valence-corrected chi connectivity index (χ1v) is 5.79. The minimum Gasteiger partial charge on any atom is -0.457 e. The molecule has 2 aromatic carbocycles. The number of ether oxygens (including phenoxy) is 1. The molecule has 0 bridgehead atoms. The van der Waals surface area contributed by atoms with Crippen LogP contribution >= 0.6 is 0 Å². The van der Waals surface area contributed by atoms with Gasteiger partial charge in [-0.05, 0) is 54.4 Å². The standard InChI is InChI=1S/C15H13FN2O/c1-10-8-12(16)2-5-15(10)19-13-3-4-14(18)11(9-13)6-7-17/h2-5,8-9H,6,18H2,1H3. The molecule has 0 fully saturated rings. The third-order valence-electron chi connectivity index (χ3n) is 2.75. The Morgan fingerprint density at radius 3 is 2.74 bits per heavy atom. The van der Waals surface area contributed by atoms with Gasteiger partial charge in [0, 0.05) is 5.69 Å². The van der Waals surface area contributed by atoms with Gasteiger partial charge < -0.3 is 10.5 Å². The molecule has 0 heterocycles. The highest BCUT2D eigenvalue weighted by atomic mass is 19.1. The fourth-order valence-corrected chi connectivity index (χ4v) is 1.74. The molecule has 0 aliphatic heterocycles. The van der Waals surface area contributed by atoms with Crippen molar-refractivity contribution < 1.29 is 9.13 Å². The van der Waals surface area contributed by atoms with Gasteiger partial charge in [0.15, 0.2) is 0 Å². The van der Waals surface area contributed by atoms with Gasteiger partial charge in [-0.1, -0.05) is 0 Å². The Kier molecular flexibility index (Phi) is 3.67. The van der Waals surface area contributed by atoms with Crippen LogP contribution in [-0.4, -0.2) is 0 Å². The summed E-state index contributed by atoms with van der Waals surface area (Å²) in [6, 6.07) is 11.5. The van der Waals surface area contributed by atoms with Gasteiger partial charge in [-0.2, -0.15) is 5.26 Å². The Balaban J connectivity index is 2.28. The summed E-state index contributed by atoms with van der Waals surface area (Å²) in [4.78, 5) is 0. The molecule has 0 radical (unpaired) electrons. The molecular formula is C15H13FN2O. The molecular weight excluding hydrogens is 243 g/mol. The fraction of sp³-hybridized carbons (Fsp3) is 0.133. The summed E-state index contributed by atoms with van der Waals surface area (Å²) in [5, 5.41) is 8.71. The zero-order chi connectivity index (χ0) is 13.8. The first-order valence-electron chi connectivity index (χ1n) is 5.79. The maximum absolute atomic E-state index is 13.0. The second kappa shape index (κ2) is 5.40. The van der Waals surface area contributed by atoms with Crippen molar-refractivity contribution in [3.63, 3.8) is 0 Å². The summed E-state index contributed by atoms with van der Waals surface area (Å²) < 4.78 is 18.7. The van der Waals surface area contributed by atoms with Crippen LogP contribution in [-0.2, 0) is 6.42 Å². The lowest BCUT2D eigenvalue weighted by Crippen LogP contribution is -1.95. The molecule has 0 spiro atoms. The lowest BCUT2D eigenvalue weighted by Gasteiger charge is -2.10. The van der Waals surface area contributed by atoms with Gasteiger partial charge >= 0.3 is 0 Å². The maximum atomic E-state index is 13.0. The van der Waals surface area contributed by atoms with E-state index in [1.807, 2.05) is 6.07 Å². The van der Waals surface area contributed by atoms with Crippen molar-refractivity contribution in [1.82, 2.24) is 0 Å². The second-order valence-corrected chi connectivity index (χ2v) is 4.21. The van der Waals surface area contributed by atoms with Crippen LogP contribution < -0.4 is 10.5 Å². The maximum Gasteiger partial charge on any atom is 0.130 e. The number of rotatable bonds is 3. The van der Waals surface area contributed by atoms with E-state index in [0.717, 1.165) is 5.56 Å². The summed E-state index contributed by atoms with van der Waals surface area (Å²) in [6.07, 6.45) is 0.228. The van der Waals surface area contributed by atoms with Gasteiger partial charge in [-0.3, -0.25) is 0 Å². The number of halogens is 1. The summed E-state index contributed by atoms with van der Waals surface area (Å²) in [7, 11) is 0. The largest absolute Gasteiger partial charge is 0.457 e. The average molecular weight is 256 g/mol. The summed E-state index contributed by atoms with van der Waals surface area (Å²) in [5.74, 6) is 0.857. The van der Waals surface area contributed by atoms with Gasteiger partial charge in [0.2, 0.25) is 0 Å².